The molecule has 1 N–H and O–H groups in total. The highest BCUT2D eigenvalue weighted by molar-refractivity contribution is 6.29. The van der Waals surface area contributed by atoms with Crippen LogP contribution < -0.4 is 4.74 Å². The number of aromatic amines is 1. The van der Waals surface area contributed by atoms with Crippen molar-refractivity contribution in [2.45, 2.75) is 33.3 Å². The molecule has 188 valence electrons. The van der Waals surface area contributed by atoms with Gasteiger partial charge in [0.05, 0.1) is 11.2 Å². The Morgan fingerprint density at radius 2 is 1.73 bits per heavy atom. The number of nitrogens with one attached hydrogen (secondary N) is 1. The molecule has 0 radical (unpaired) electrons. The van der Waals surface area contributed by atoms with Gasteiger partial charge in [-0.2, -0.15) is 0 Å². The number of aromatic nitrogens is 3. The first kappa shape index (κ1) is 24.9. The summed E-state index contributed by atoms with van der Waals surface area (Å²) < 4.78 is 33.7. The quantitative estimate of drug-likeness (QED) is 0.246. The number of hydrogen-bond donors (Lipinski definition) is 1. The fourth-order valence-corrected chi connectivity index (χ4v) is 4.87. The maximum absolute atomic E-state index is 14.1. The number of rotatable bonds is 6. The van der Waals surface area contributed by atoms with Crippen LogP contribution in [0, 0.1) is 17.0 Å². The number of nitrogens with zero attached hydrogens (tertiary/aromatic N) is 2. The van der Waals surface area contributed by atoms with Gasteiger partial charge in [-0.3, -0.25) is 0 Å². The molecule has 0 aliphatic rings. The first-order valence-corrected chi connectivity index (χ1v) is 12.3. The molecule has 0 saturated carbocycles. The maximum Gasteiger partial charge on any atom is 0.168 e. The number of hydrogen-bond acceptors (Lipinski definition) is 3. The summed E-state index contributed by atoms with van der Waals surface area (Å²) >= 11 is 6.14. The Bertz CT molecular complexity index is 1560. The minimum atomic E-state index is -0.898. The Kier molecular flexibility index (Phi) is 6.69. The van der Waals surface area contributed by atoms with Crippen molar-refractivity contribution in [3.05, 3.63) is 113 Å². The van der Waals surface area contributed by atoms with E-state index in [-0.39, 0.29) is 23.3 Å². The van der Waals surface area contributed by atoms with Gasteiger partial charge >= 0.3 is 0 Å². The van der Waals surface area contributed by atoms with Crippen LogP contribution in [0.3, 0.4) is 0 Å². The predicted octanol–water partition coefficient (Wildman–Crippen LogP) is 8.31. The number of pyridine rings is 1. The van der Waals surface area contributed by atoms with Crippen molar-refractivity contribution in [3.8, 4) is 17.1 Å². The molecule has 2 heterocycles. The van der Waals surface area contributed by atoms with Crippen LogP contribution in [0.25, 0.3) is 22.3 Å². The van der Waals surface area contributed by atoms with Crippen LogP contribution in [-0.2, 0) is 6.61 Å². The number of benzene rings is 3. The van der Waals surface area contributed by atoms with Gasteiger partial charge in [0.15, 0.2) is 11.6 Å². The molecule has 1 unspecified atom stereocenters. The summed E-state index contributed by atoms with van der Waals surface area (Å²) in [5.41, 5.74) is 4.02. The lowest BCUT2D eigenvalue weighted by atomic mass is 9.71. The fourth-order valence-electron chi connectivity index (χ4n) is 4.74. The molecular formula is C30H26ClF2N3O. The lowest BCUT2D eigenvalue weighted by Gasteiger charge is -2.33. The zero-order valence-corrected chi connectivity index (χ0v) is 21.5. The smallest absolute Gasteiger partial charge is 0.168 e. The molecule has 0 amide bonds. The Morgan fingerprint density at radius 3 is 2.43 bits per heavy atom. The summed E-state index contributed by atoms with van der Waals surface area (Å²) in [4.78, 5) is 12.1. The van der Waals surface area contributed by atoms with Gasteiger partial charge < -0.3 is 9.72 Å². The summed E-state index contributed by atoms with van der Waals surface area (Å²) in [6.45, 7) is 6.79. The normalized spacial score (nSPS) is 12.6. The second-order valence-corrected chi connectivity index (χ2v) is 10.4. The molecule has 3 aromatic carbocycles. The number of fused-ring (bicyclic) bond motifs is 1. The first-order valence-electron chi connectivity index (χ1n) is 12.0. The summed E-state index contributed by atoms with van der Waals surface area (Å²) in [7, 11) is 0. The van der Waals surface area contributed by atoms with Crippen LogP contribution >= 0.6 is 11.6 Å². The molecule has 7 heteroatoms. The van der Waals surface area contributed by atoms with E-state index in [1.807, 2.05) is 36.4 Å². The lowest BCUT2D eigenvalue weighted by Crippen LogP contribution is -2.20. The molecule has 37 heavy (non-hydrogen) atoms. The van der Waals surface area contributed by atoms with E-state index < -0.39 is 11.6 Å². The van der Waals surface area contributed by atoms with E-state index in [0.717, 1.165) is 17.2 Å². The Hall–Kier alpha value is -3.77. The van der Waals surface area contributed by atoms with Gasteiger partial charge in [0.25, 0.3) is 0 Å². The van der Waals surface area contributed by atoms with Crippen molar-refractivity contribution in [2.24, 2.45) is 5.41 Å². The fraction of sp³-hybridized carbons (Fsp3) is 0.200. The van der Waals surface area contributed by atoms with Crippen molar-refractivity contribution >= 4 is 22.5 Å². The minimum Gasteiger partial charge on any atom is -0.487 e. The Labute approximate surface area is 219 Å². The van der Waals surface area contributed by atoms with Crippen molar-refractivity contribution < 1.29 is 13.5 Å². The average Bonchev–Trinajstić information content (AvgIpc) is 3.31. The molecule has 0 aliphatic carbocycles. The predicted molar refractivity (Wildman–Crippen MR) is 143 cm³/mol. The zero-order valence-electron chi connectivity index (χ0n) is 20.7. The number of ether oxygens (including phenoxy) is 1. The van der Waals surface area contributed by atoms with Crippen molar-refractivity contribution in [1.29, 1.82) is 0 Å². The van der Waals surface area contributed by atoms with Crippen LogP contribution in [0.15, 0.2) is 79.0 Å². The Morgan fingerprint density at radius 1 is 0.946 bits per heavy atom. The van der Waals surface area contributed by atoms with E-state index in [2.05, 4.69) is 47.9 Å². The van der Waals surface area contributed by atoms with Crippen LogP contribution in [0.2, 0.25) is 5.15 Å². The van der Waals surface area contributed by atoms with E-state index >= 15 is 0 Å². The molecule has 2 aromatic heterocycles. The van der Waals surface area contributed by atoms with Gasteiger partial charge in [-0.05, 0) is 59.0 Å². The number of imidazole rings is 1. The van der Waals surface area contributed by atoms with E-state index in [9.17, 15) is 8.78 Å². The van der Waals surface area contributed by atoms with Gasteiger partial charge in [0, 0.05) is 23.1 Å². The highest BCUT2D eigenvalue weighted by Crippen LogP contribution is 2.45. The molecule has 0 saturated heterocycles. The van der Waals surface area contributed by atoms with Gasteiger partial charge in [-0.25, -0.2) is 18.7 Å². The topological polar surface area (TPSA) is 50.8 Å². The second-order valence-electron chi connectivity index (χ2n) is 10.0. The summed E-state index contributed by atoms with van der Waals surface area (Å²) in [5, 5.41) is 0.537. The average molecular weight is 518 g/mol. The molecule has 1 atom stereocenters. The Balaban J connectivity index is 1.53. The van der Waals surface area contributed by atoms with E-state index in [1.54, 1.807) is 12.3 Å². The first-order chi connectivity index (χ1) is 17.7. The third-order valence-corrected chi connectivity index (χ3v) is 6.53. The van der Waals surface area contributed by atoms with E-state index in [0.29, 0.717) is 27.9 Å². The molecule has 5 aromatic rings. The second kappa shape index (κ2) is 9.94. The monoisotopic (exact) mass is 517 g/mol. The summed E-state index contributed by atoms with van der Waals surface area (Å²) in [5.74, 6) is -0.413. The van der Waals surface area contributed by atoms with Crippen LogP contribution in [0.4, 0.5) is 8.78 Å². The summed E-state index contributed by atoms with van der Waals surface area (Å²) in [6, 6.07) is 22.0. The van der Waals surface area contributed by atoms with Crippen molar-refractivity contribution in [2.75, 3.05) is 0 Å². The SMILES string of the molecule is CC(C)(C)C(c1ccccc1)c1cc(OCc2ccc3c(F)c(F)ccc3n2)ccc1-c1nc(Cl)c[nH]1. The zero-order chi connectivity index (χ0) is 26.2. The molecule has 0 bridgehead atoms. The number of halogens is 3. The molecule has 0 spiro atoms. The van der Waals surface area contributed by atoms with E-state index in [1.165, 1.54) is 17.7 Å². The highest BCUT2D eigenvalue weighted by atomic mass is 35.5. The van der Waals surface area contributed by atoms with Crippen LogP contribution in [-0.4, -0.2) is 15.0 Å². The summed E-state index contributed by atoms with van der Waals surface area (Å²) in [6.07, 6.45) is 1.67. The van der Waals surface area contributed by atoms with Crippen molar-refractivity contribution in [3.63, 3.8) is 0 Å². The standard InChI is InChI=1S/C30H26ClF2N3O/c1-30(2,3)27(18-7-5-4-6-8-18)23-15-20(10-12-21(23)29-34-16-26(31)36-29)37-17-19-9-11-22-25(35-19)14-13-24(32)28(22)33/h4-16,27H,17H2,1-3H3,(H,34,36). The van der Waals surface area contributed by atoms with Gasteiger partial charge in [-0.15, -0.1) is 0 Å². The van der Waals surface area contributed by atoms with Crippen LogP contribution in [0.5, 0.6) is 5.75 Å². The third kappa shape index (κ3) is 5.20. The van der Waals surface area contributed by atoms with Gasteiger partial charge in [0.2, 0.25) is 0 Å². The molecule has 0 aliphatic heterocycles. The lowest BCUT2D eigenvalue weighted by molar-refractivity contribution is 0.300. The van der Waals surface area contributed by atoms with E-state index in [4.69, 9.17) is 16.3 Å². The maximum atomic E-state index is 14.1. The highest BCUT2D eigenvalue weighted by Gasteiger charge is 2.31. The largest absolute Gasteiger partial charge is 0.487 e. The van der Waals surface area contributed by atoms with Crippen LogP contribution in [0.1, 0.15) is 43.5 Å². The molecule has 5 rings (SSSR count). The molecule has 4 nitrogen and oxygen atoms in total. The molecular weight excluding hydrogens is 492 g/mol. The van der Waals surface area contributed by atoms with Gasteiger partial charge in [0.1, 0.15) is 23.3 Å². The third-order valence-electron chi connectivity index (χ3n) is 6.34. The van der Waals surface area contributed by atoms with Gasteiger partial charge in [-0.1, -0.05) is 62.7 Å². The minimum absolute atomic E-state index is 0.0350. The number of H-pyrrole nitrogens is 1. The molecule has 0 fully saturated rings. The van der Waals surface area contributed by atoms with Crippen molar-refractivity contribution in [1.82, 2.24) is 15.0 Å².